The summed E-state index contributed by atoms with van der Waals surface area (Å²) in [4.78, 5) is 46.3. The third-order valence-electron chi connectivity index (χ3n) is 3.69. The number of carbonyl (C=O) groups is 3. The molecule has 0 radical (unpaired) electrons. The lowest BCUT2D eigenvalue weighted by Crippen LogP contribution is -2.30. The highest BCUT2D eigenvalue weighted by atomic mass is 16.6. The van der Waals surface area contributed by atoms with Crippen molar-refractivity contribution >= 4 is 29.0 Å². The fraction of sp³-hybridized carbons (Fsp3) is 0.211. The highest BCUT2D eigenvalue weighted by molar-refractivity contribution is 5.98. The van der Waals surface area contributed by atoms with Crippen molar-refractivity contribution in [2.45, 2.75) is 25.9 Å². The van der Waals surface area contributed by atoms with Crippen molar-refractivity contribution < 1.29 is 24.0 Å². The lowest BCUT2D eigenvalue weighted by atomic mass is 10.1. The quantitative estimate of drug-likeness (QED) is 0.330. The third-order valence-corrected chi connectivity index (χ3v) is 3.69. The zero-order valence-electron chi connectivity index (χ0n) is 14.6. The second-order valence-electron chi connectivity index (χ2n) is 5.68. The average molecular weight is 370 g/mol. The molecule has 0 heterocycles. The number of Topliss-reactive ketones (excluding diaryl/α,β-unsaturated/α-hetero) is 1. The first-order valence-electron chi connectivity index (χ1n) is 8.20. The van der Waals surface area contributed by atoms with Gasteiger partial charge in [-0.2, -0.15) is 0 Å². The molecular formula is C19H18N2O6. The molecule has 1 N–H and O–H groups in total. The number of nitrogens with one attached hydrogen (secondary N) is 1. The smallest absolute Gasteiger partial charge is 0.307 e. The molecule has 0 saturated heterocycles. The lowest BCUT2D eigenvalue weighted by molar-refractivity contribution is -0.383. The highest BCUT2D eigenvalue weighted by Crippen LogP contribution is 2.23. The number of hydrogen-bond acceptors (Lipinski definition) is 6. The monoisotopic (exact) mass is 370 g/mol. The molecule has 0 aliphatic rings. The normalized spacial score (nSPS) is 11.3. The minimum Gasteiger partial charge on any atom is -0.453 e. The number of nitro groups is 1. The van der Waals surface area contributed by atoms with Crippen molar-refractivity contribution in [1.82, 2.24) is 0 Å². The van der Waals surface area contributed by atoms with Gasteiger partial charge < -0.3 is 10.1 Å². The Bertz CT molecular complexity index is 850. The van der Waals surface area contributed by atoms with E-state index in [1.54, 1.807) is 30.3 Å². The van der Waals surface area contributed by atoms with Gasteiger partial charge in [0.05, 0.1) is 11.3 Å². The van der Waals surface area contributed by atoms with E-state index in [0.29, 0.717) is 5.56 Å². The van der Waals surface area contributed by atoms with Crippen LogP contribution >= 0.6 is 0 Å². The zero-order chi connectivity index (χ0) is 19.8. The molecule has 2 aromatic rings. The van der Waals surface area contributed by atoms with Gasteiger partial charge in [-0.25, -0.2) is 0 Å². The van der Waals surface area contributed by atoms with Crippen LogP contribution in [0.5, 0.6) is 0 Å². The van der Waals surface area contributed by atoms with Gasteiger partial charge in [0, 0.05) is 18.1 Å². The number of anilines is 1. The number of esters is 1. The number of nitrogens with zero attached hydrogens (tertiary/aromatic N) is 1. The van der Waals surface area contributed by atoms with Crippen LogP contribution in [0.3, 0.4) is 0 Å². The van der Waals surface area contributed by atoms with Crippen LogP contribution in [0.25, 0.3) is 0 Å². The minimum atomic E-state index is -1.16. The van der Waals surface area contributed by atoms with Crippen LogP contribution < -0.4 is 5.32 Å². The van der Waals surface area contributed by atoms with Crippen LogP contribution in [0.15, 0.2) is 54.6 Å². The van der Waals surface area contributed by atoms with E-state index in [2.05, 4.69) is 5.32 Å². The number of nitro benzene ring substituents is 1. The summed E-state index contributed by atoms with van der Waals surface area (Å²) in [6.45, 7) is 1.35. The molecule has 0 unspecified atom stereocenters. The fourth-order valence-corrected chi connectivity index (χ4v) is 2.27. The van der Waals surface area contributed by atoms with Crippen LogP contribution in [0.4, 0.5) is 11.4 Å². The Kier molecular flexibility index (Phi) is 6.76. The maximum Gasteiger partial charge on any atom is 0.307 e. The van der Waals surface area contributed by atoms with E-state index in [4.69, 9.17) is 4.74 Å². The molecule has 1 amide bonds. The van der Waals surface area contributed by atoms with E-state index in [0.717, 1.165) is 0 Å². The predicted octanol–water partition coefficient (Wildman–Crippen LogP) is 3.13. The second-order valence-corrected chi connectivity index (χ2v) is 5.68. The van der Waals surface area contributed by atoms with Crippen LogP contribution in [-0.2, 0) is 14.3 Å². The first-order valence-corrected chi connectivity index (χ1v) is 8.20. The van der Waals surface area contributed by atoms with Gasteiger partial charge in [0.25, 0.3) is 11.6 Å². The molecule has 0 saturated carbocycles. The Morgan fingerprint density at radius 1 is 1.04 bits per heavy atom. The van der Waals surface area contributed by atoms with Crippen LogP contribution in [-0.4, -0.2) is 28.7 Å². The SMILES string of the molecule is C[C@H](OC(=O)CCC(=O)c1ccccc1)C(=O)Nc1ccccc1[N+](=O)[O-]. The molecule has 8 heteroatoms. The molecule has 8 nitrogen and oxygen atoms in total. The Morgan fingerprint density at radius 2 is 1.67 bits per heavy atom. The Hall–Kier alpha value is -3.55. The summed E-state index contributed by atoms with van der Waals surface area (Å²) in [7, 11) is 0. The molecule has 0 aliphatic heterocycles. The highest BCUT2D eigenvalue weighted by Gasteiger charge is 2.22. The maximum atomic E-state index is 12.1. The fourth-order valence-electron chi connectivity index (χ4n) is 2.27. The number of hydrogen-bond donors (Lipinski definition) is 1. The van der Waals surface area contributed by atoms with Gasteiger partial charge in [-0.05, 0) is 13.0 Å². The topological polar surface area (TPSA) is 116 Å². The van der Waals surface area contributed by atoms with Crippen molar-refractivity contribution in [1.29, 1.82) is 0 Å². The molecular weight excluding hydrogens is 352 g/mol. The van der Waals surface area contributed by atoms with Crippen molar-refractivity contribution in [3.8, 4) is 0 Å². The number of para-hydroxylation sites is 2. The standard InChI is InChI=1S/C19H18N2O6/c1-13(19(24)20-15-9-5-6-10-16(15)21(25)26)27-18(23)12-11-17(22)14-7-3-2-4-8-14/h2-10,13H,11-12H2,1H3,(H,20,24)/t13-/m0/s1. The maximum absolute atomic E-state index is 12.1. The lowest BCUT2D eigenvalue weighted by Gasteiger charge is -2.13. The van der Waals surface area contributed by atoms with E-state index in [9.17, 15) is 24.5 Å². The molecule has 0 fully saturated rings. The summed E-state index contributed by atoms with van der Waals surface area (Å²) in [6.07, 6.45) is -1.37. The molecule has 2 aromatic carbocycles. The van der Waals surface area contributed by atoms with E-state index in [1.807, 2.05) is 0 Å². The largest absolute Gasteiger partial charge is 0.453 e. The van der Waals surface area contributed by atoms with Crippen molar-refractivity contribution in [2.75, 3.05) is 5.32 Å². The van der Waals surface area contributed by atoms with Gasteiger partial charge in [-0.1, -0.05) is 42.5 Å². The van der Waals surface area contributed by atoms with E-state index in [-0.39, 0.29) is 30.0 Å². The summed E-state index contributed by atoms with van der Waals surface area (Å²) in [6, 6.07) is 14.2. The van der Waals surface area contributed by atoms with Crippen LogP contribution in [0, 0.1) is 10.1 Å². The van der Waals surface area contributed by atoms with Gasteiger partial charge in [-0.3, -0.25) is 24.5 Å². The number of rotatable bonds is 8. The minimum absolute atomic E-state index is 0.00894. The number of benzene rings is 2. The summed E-state index contributed by atoms with van der Waals surface area (Å²) in [5.41, 5.74) is 0.236. The van der Waals surface area contributed by atoms with E-state index >= 15 is 0 Å². The van der Waals surface area contributed by atoms with Gasteiger partial charge in [0.15, 0.2) is 11.9 Å². The van der Waals surface area contributed by atoms with Crippen molar-refractivity contribution in [3.63, 3.8) is 0 Å². The van der Waals surface area contributed by atoms with E-state index < -0.39 is 22.9 Å². The number of amides is 1. The number of ketones is 1. The summed E-state index contributed by atoms with van der Waals surface area (Å²) < 4.78 is 5.00. The summed E-state index contributed by atoms with van der Waals surface area (Å²) in [5, 5.41) is 13.3. The average Bonchev–Trinajstić information content (AvgIpc) is 2.67. The van der Waals surface area contributed by atoms with Gasteiger partial charge in [-0.15, -0.1) is 0 Å². The van der Waals surface area contributed by atoms with Crippen molar-refractivity contribution in [2.24, 2.45) is 0 Å². The molecule has 140 valence electrons. The Morgan fingerprint density at radius 3 is 2.33 bits per heavy atom. The van der Waals surface area contributed by atoms with Crippen LogP contribution in [0.2, 0.25) is 0 Å². The molecule has 0 bridgehead atoms. The van der Waals surface area contributed by atoms with Crippen molar-refractivity contribution in [3.05, 3.63) is 70.3 Å². The molecule has 0 spiro atoms. The molecule has 2 rings (SSSR count). The second kappa shape index (κ2) is 9.23. The Balaban J connectivity index is 1.86. The number of carbonyl (C=O) groups excluding carboxylic acids is 3. The van der Waals surface area contributed by atoms with Gasteiger partial charge >= 0.3 is 5.97 Å². The first-order chi connectivity index (χ1) is 12.9. The number of ether oxygens (including phenoxy) is 1. The first kappa shape index (κ1) is 19.8. The van der Waals surface area contributed by atoms with Gasteiger partial charge in [0.2, 0.25) is 0 Å². The Labute approximate surface area is 155 Å². The molecule has 0 aliphatic carbocycles. The zero-order valence-corrected chi connectivity index (χ0v) is 14.6. The molecule has 27 heavy (non-hydrogen) atoms. The van der Waals surface area contributed by atoms with Crippen LogP contribution in [0.1, 0.15) is 30.1 Å². The predicted molar refractivity (Wildman–Crippen MR) is 97.3 cm³/mol. The summed E-state index contributed by atoms with van der Waals surface area (Å²) >= 11 is 0. The van der Waals surface area contributed by atoms with E-state index in [1.165, 1.54) is 31.2 Å². The van der Waals surface area contributed by atoms with Gasteiger partial charge in [0.1, 0.15) is 5.69 Å². The molecule has 1 atom stereocenters. The summed E-state index contributed by atoms with van der Waals surface area (Å²) in [5.74, 6) is -1.61. The third kappa shape index (κ3) is 5.74. The molecule has 0 aromatic heterocycles.